The Hall–Kier alpha value is -0.430. The monoisotopic (exact) mass is 315 g/mol. The molecule has 0 aromatic rings. The summed E-state index contributed by atoms with van der Waals surface area (Å²) in [5.41, 5.74) is 1.15. The van der Waals surface area contributed by atoms with E-state index < -0.39 is 10.2 Å². The van der Waals surface area contributed by atoms with Crippen LogP contribution in [0.15, 0.2) is 11.6 Å². The van der Waals surface area contributed by atoms with Crippen LogP contribution in [0, 0.1) is 5.92 Å². The average molecular weight is 315 g/mol. The third-order valence-corrected chi connectivity index (χ3v) is 6.32. The highest BCUT2D eigenvalue weighted by Crippen LogP contribution is 2.23. The van der Waals surface area contributed by atoms with Gasteiger partial charge in [-0.15, -0.1) is 0 Å². The standard InChI is InChI=1S/C15H29N3O2S/c1-13(2)16-11-15-6-9-17(10-7-15)21(19,20)18-8-4-5-14(3)12-18/h5,13,15-16H,4,6-12H2,1-3H3. The molecular formula is C15H29N3O2S. The van der Waals surface area contributed by atoms with Crippen molar-refractivity contribution in [2.24, 2.45) is 5.92 Å². The molecule has 0 aromatic carbocycles. The van der Waals surface area contributed by atoms with Gasteiger partial charge in [-0.25, -0.2) is 0 Å². The topological polar surface area (TPSA) is 52.7 Å². The number of rotatable bonds is 5. The van der Waals surface area contributed by atoms with E-state index in [2.05, 4.69) is 25.2 Å². The molecule has 1 saturated heterocycles. The quantitative estimate of drug-likeness (QED) is 0.784. The molecule has 0 spiro atoms. The molecule has 0 amide bonds. The minimum Gasteiger partial charge on any atom is -0.314 e. The molecular weight excluding hydrogens is 286 g/mol. The first-order valence-electron chi connectivity index (χ1n) is 8.04. The minimum absolute atomic E-state index is 0.495. The van der Waals surface area contributed by atoms with Gasteiger partial charge < -0.3 is 5.32 Å². The van der Waals surface area contributed by atoms with E-state index in [-0.39, 0.29) is 0 Å². The molecule has 5 nitrogen and oxygen atoms in total. The van der Waals surface area contributed by atoms with Gasteiger partial charge in [0.2, 0.25) is 0 Å². The van der Waals surface area contributed by atoms with Gasteiger partial charge >= 0.3 is 0 Å². The van der Waals surface area contributed by atoms with Crippen LogP contribution in [0.25, 0.3) is 0 Å². The molecule has 2 rings (SSSR count). The zero-order chi connectivity index (χ0) is 15.5. The third kappa shape index (κ3) is 4.52. The molecule has 122 valence electrons. The Morgan fingerprint density at radius 3 is 2.48 bits per heavy atom. The molecule has 2 aliphatic rings. The van der Waals surface area contributed by atoms with Crippen LogP contribution in [0.5, 0.6) is 0 Å². The van der Waals surface area contributed by atoms with Gasteiger partial charge in [0.15, 0.2) is 0 Å². The Labute approximate surface area is 129 Å². The Morgan fingerprint density at radius 2 is 1.90 bits per heavy atom. The summed E-state index contributed by atoms with van der Waals surface area (Å²) >= 11 is 0. The number of nitrogens with zero attached hydrogens (tertiary/aromatic N) is 2. The lowest BCUT2D eigenvalue weighted by atomic mass is 9.98. The van der Waals surface area contributed by atoms with E-state index in [9.17, 15) is 8.42 Å². The smallest absolute Gasteiger partial charge is 0.282 e. The molecule has 0 radical (unpaired) electrons. The van der Waals surface area contributed by atoms with Gasteiger partial charge in [-0.1, -0.05) is 25.5 Å². The van der Waals surface area contributed by atoms with E-state index in [1.165, 1.54) is 0 Å². The summed E-state index contributed by atoms with van der Waals surface area (Å²) in [7, 11) is -3.27. The molecule has 0 aliphatic carbocycles. The summed E-state index contributed by atoms with van der Waals surface area (Å²) in [5, 5.41) is 3.45. The van der Waals surface area contributed by atoms with Gasteiger partial charge in [-0.3, -0.25) is 0 Å². The predicted molar refractivity (Wildman–Crippen MR) is 86.3 cm³/mol. The van der Waals surface area contributed by atoms with Crippen molar-refractivity contribution < 1.29 is 8.42 Å². The highest BCUT2D eigenvalue weighted by atomic mass is 32.2. The predicted octanol–water partition coefficient (Wildman–Crippen LogP) is 1.59. The van der Waals surface area contributed by atoms with Crippen molar-refractivity contribution in [2.75, 3.05) is 32.7 Å². The fraction of sp³-hybridized carbons (Fsp3) is 0.867. The van der Waals surface area contributed by atoms with Crippen molar-refractivity contribution in [1.29, 1.82) is 0 Å². The van der Waals surface area contributed by atoms with E-state index in [4.69, 9.17) is 0 Å². The average Bonchev–Trinajstić information content (AvgIpc) is 2.45. The summed E-state index contributed by atoms with van der Waals surface area (Å²) in [6, 6.07) is 0.495. The zero-order valence-electron chi connectivity index (χ0n) is 13.5. The number of hydrogen-bond donors (Lipinski definition) is 1. The summed E-state index contributed by atoms with van der Waals surface area (Å²) < 4.78 is 28.6. The fourth-order valence-electron chi connectivity index (χ4n) is 2.98. The molecule has 1 N–H and O–H groups in total. The van der Waals surface area contributed by atoms with Crippen molar-refractivity contribution in [3.63, 3.8) is 0 Å². The van der Waals surface area contributed by atoms with E-state index >= 15 is 0 Å². The number of piperidine rings is 1. The maximum Gasteiger partial charge on any atom is 0.282 e. The molecule has 2 heterocycles. The van der Waals surface area contributed by atoms with Gasteiger partial charge in [-0.2, -0.15) is 17.0 Å². The van der Waals surface area contributed by atoms with Crippen LogP contribution in [-0.2, 0) is 10.2 Å². The summed E-state index contributed by atoms with van der Waals surface area (Å²) in [4.78, 5) is 0. The summed E-state index contributed by atoms with van der Waals surface area (Å²) in [6.07, 6.45) is 4.89. The number of nitrogens with one attached hydrogen (secondary N) is 1. The van der Waals surface area contributed by atoms with Crippen molar-refractivity contribution >= 4 is 10.2 Å². The molecule has 1 fully saturated rings. The highest BCUT2D eigenvalue weighted by Gasteiger charge is 2.33. The van der Waals surface area contributed by atoms with Crippen molar-refractivity contribution in [1.82, 2.24) is 13.9 Å². The SMILES string of the molecule is CC1=CCCN(S(=O)(=O)N2CCC(CNC(C)C)CC2)C1. The first-order valence-corrected chi connectivity index (χ1v) is 9.43. The van der Waals surface area contributed by atoms with Gasteiger partial charge in [-0.05, 0) is 38.6 Å². The lowest BCUT2D eigenvalue weighted by molar-refractivity contribution is 0.247. The second-order valence-electron chi connectivity index (χ2n) is 6.59. The van der Waals surface area contributed by atoms with Crippen LogP contribution in [0.1, 0.15) is 40.0 Å². The van der Waals surface area contributed by atoms with Gasteiger partial charge in [0, 0.05) is 32.2 Å². The second kappa shape index (κ2) is 7.22. The van der Waals surface area contributed by atoms with E-state index in [0.717, 1.165) is 31.4 Å². The maximum atomic E-state index is 12.7. The lowest BCUT2D eigenvalue weighted by Gasteiger charge is -2.36. The zero-order valence-corrected chi connectivity index (χ0v) is 14.3. The fourth-order valence-corrected chi connectivity index (χ4v) is 4.69. The Bertz CT molecular complexity index is 465. The first-order chi connectivity index (χ1) is 9.89. The van der Waals surface area contributed by atoms with Gasteiger partial charge in [0.25, 0.3) is 10.2 Å². The van der Waals surface area contributed by atoms with Crippen LogP contribution < -0.4 is 5.32 Å². The van der Waals surface area contributed by atoms with E-state index in [0.29, 0.717) is 38.1 Å². The molecule has 0 bridgehead atoms. The minimum atomic E-state index is -3.27. The second-order valence-corrected chi connectivity index (χ2v) is 8.51. The van der Waals surface area contributed by atoms with E-state index in [1.54, 1.807) is 8.61 Å². The highest BCUT2D eigenvalue weighted by molar-refractivity contribution is 7.86. The molecule has 0 aromatic heterocycles. The van der Waals surface area contributed by atoms with Crippen LogP contribution in [0.2, 0.25) is 0 Å². The van der Waals surface area contributed by atoms with Crippen molar-refractivity contribution in [3.8, 4) is 0 Å². The Morgan fingerprint density at radius 1 is 1.24 bits per heavy atom. The van der Waals surface area contributed by atoms with Gasteiger partial charge in [0.1, 0.15) is 0 Å². The van der Waals surface area contributed by atoms with Crippen molar-refractivity contribution in [2.45, 2.75) is 46.1 Å². The van der Waals surface area contributed by atoms with E-state index in [1.807, 2.05) is 6.92 Å². The Kier molecular flexibility index (Phi) is 5.82. The first kappa shape index (κ1) is 16.9. The lowest BCUT2D eigenvalue weighted by Crippen LogP contribution is -2.49. The van der Waals surface area contributed by atoms with Crippen LogP contribution >= 0.6 is 0 Å². The molecule has 21 heavy (non-hydrogen) atoms. The molecule has 2 aliphatic heterocycles. The Balaban J connectivity index is 1.87. The molecule has 0 unspecified atom stereocenters. The van der Waals surface area contributed by atoms with Crippen LogP contribution in [0.4, 0.5) is 0 Å². The molecule has 6 heteroatoms. The normalized spacial score (nSPS) is 23.5. The van der Waals surface area contributed by atoms with Gasteiger partial charge in [0.05, 0.1) is 0 Å². The number of hydrogen-bond acceptors (Lipinski definition) is 3. The molecule has 0 saturated carbocycles. The maximum absolute atomic E-state index is 12.7. The van der Waals surface area contributed by atoms with Crippen molar-refractivity contribution in [3.05, 3.63) is 11.6 Å². The summed E-state index contributed by atoms with van der Waals surface area (Å²) in [6.45, 7) is 9.78. The largest absolute Gasteiger partial charge is 0.314 e. The third-order valence-electron chi connectivity index (χ3n) is 4.34. The van der Waals surface area contributed by atoms with Crippen LogP contribution in [0.3, 0.4) is 0 Å². The summed E-state index contributed by atoms with van der Waals surface area (Å²) in [5.74, 6) is 0.599. The molecule has 0 atom stereocenters. The van der Waals surface area contributed by atoms with Crippen LogP contribution in [-0.4, -0.2) is 55.8 Å².